The standard InChI is InChI=1S/C18H22N6O/c19-12-16-2-4-17(5-3-16)13-22-7-1-8-23(11-10-22)18(25)6-9-24-15-20-14-21-24/h2-5,14-15H,1,6-11,13H2. The van der Waals surface area contributed by atoms with Gasteiger partial charge in [0.2, 0.25) is 5.91 Å². The third-order valence-corrected chi connectivity index (χ3v) is 4.45. The van der Waals surface area contributed by atoms with Crippen LogP contribution in [0.5, 0.6) is 0 Å². The molecule has 1 aliphatic rings. The minimum atomic E-state index is 0.177. The van der Waals surface area contributed by atoms with Gasteiger partial charge in [-0.25, -0.2) is 4.98 Å². The summed E-state index contributed by atoms with van der Waals surface area (Å²) >= 11 is 0. The molecule has 0 bridgehead atoms. The maximum Gasteiger partial charge on any atom is 0.224 e. The first kappa shape index (κ1) is 17.1. The van der Waals surface area contributed by atoms with E-state index in [2.05, 4.69) is 21.1 Å². The Bertz CT molecular complexity index is 719. The summed E-state index contributed by atoms with van der Waals surface area (Å²) in [6, 6.07) is 9.86. The van der Waals surface area contributed by atoms with Crippen LogP contribution in [-0.4, -0.2) is 56.7 Å². The van der Waals surface area contributed by atoms with Crippen molar-refractivity contribution >= 4 is 5.91 Å². The predicted octanol–water partition coefficient (Wildman–Crippen LogP) is 1.27. The van der Waals surface area contributed by atoms with Crippen molar-refractivity contribution in [2.75, 3.05) is 26.2 Å². The Balaban J connectivity index is 1.47. The van der Waals surface area contributed by atoms with Crippen LogP contribution in [0.15, 0.2) is 36.9 Å². The molecule has 1 aromatic carbocycles. The normalized spacial score (nSPS) is 15.6. The summed E-state index contributed by atoms with van der Waals surface area (Å²) in [5, 5.41) is 12.9. The van der Waals surface area contributed by atoms with E-state index in [9.17, 15) is 4.79 Å². The summed E-state index contributed by atoms with van der Waals surface area (Å²) in [4.78, 5) is 20.6. The van der Waals surface area contributed by atoms with E-state index in [1.165, 1.54) is 11.9 Å². The van der Waals surface area contributed by atoms with E-state index in [-0.39, 0.29) is 5.91 Å². The van der Waals surface area contributed by atoms with Crippen LogP contribution in [0.3, 0.4) is 0 Å². The van der Waals surface area contributed by atoms with Gasteiger partial charge in [-0.1, -0.05) is 12.1 Å². The van der Waals surface area contributed by atoms with Crippen LogP contribution in [0.1, 0.15) is 24.0 Å². The molecule has 2 aromatic rings. The fraction of sp³-hybridized carbons (Fsp3) is 0.444. The lowest BCUT2D eigenvalue weighted by atomic mass is 10.1. The number of aromatic nitrogens is 3. The molecule has 1 aromatic heterocycles. The molecule has 1 amide bonds. The van der Waals surface area contributed by atoms with Crippen LogP contribution >= 0.6 is 0 Å². The third-order valence-electron chi connectivity index (χ3n) is 4.45. The van der Waals surface area contributed by atoms with Gasteiger partial charge in [-0.05, 0) is 24.1 Å². The Labute approximate surface area is 147 Å². The molecule has 0 N–H and O–H groups in total. The molecule has 7 nitrogen and oxygen atoms in total. The second-order valence-corrected chi connectivity index (χ2v) is 6.23. The van der Waals surface area contributed by atoms with E-state index in [0.717, 1.165) is 39.1 Å². The number of nitrogens with zero attached hydrogens (tertiary/aromatic N) is 6. The molecule has 0 saturated carbocycles. The minimum Gasteiger partial charge on any atom is -0.341 e. The first-order valence-corrected chi connectivity index (χ1v) is 8.56. The van der Waals surface area contributed by atoms with Gasteiger partial charge >= 0.3 is 0 Å². The average Bonchev–Trinajstić information content (AvgIpc) is 3.06. The maximum atomic E-state index is 12.4. The third kappa shape index (κ3) is 4.88. The molecule has 2 heterocycles. The highest BCUT2D eigenvalue weighted by molar-refractivity contribution is 5.76. The molecule has 1 aliphatic heterocycles. The van der Waals surface area contributed by atoms with Crippen LogP contribution in [0.4, 0.5) is 0 Å². The number of amides is 1. The van der Waals surface area contributed by atoms with E-state index in [1.54, 1.807) is 11.0 Å². The molecular weight excluding hydrogens is 316 g/mol. The highest BCUT2D eigenvalue weighted by atomic mass is 16.2. The number of hydrogen-bond donors (Lipinski definition) is 0. The lowest BCUT2D eigenvalue weighted by Crippen LogP contribution is -2.35. The van der Waals surface area contributed by atoms with Crippen molar-refractivity contribution in [1.29, 1.82) is 5.26 Å². The second-order valence-electron chi connectivity index (χ2n) is 6.23. The van der Waals surface area contributed by atoms with E-state index >= 15 is 0 Å². The molecule has 0 unspecified atom stereocenters. The zero-order chi connectivity index (χ0) is 17.5. The molecule has 0 atom stereocenters. The van der Waals surface area contributed by atoms with Gasteiger partial charge in [0.25, 0.3) is 0 Å². The molecular formula is C18H22N6O. The molecule has 0 aliphatic carbocycles. The summed E-state index contributed by atoms with van der Waals surface area (Å²) in [5.74, 6) is 0.177. The summed E-state index contributed by atoms with van der Waals surface area (Å²) in [7, 11) is 0. The lowest BCUT2D eigenvalue weighted by Gasteiger charge is -2.22. The van der Waals surface area contributed by atoms with E-state index in [0.29, 0.717) is 18.5 Å². The molecule has 3 rings (SSSR count). The Hall–Kier alpha value is -2.72. The highest BCUT2D eigenvalue weighted by Gasteiger charge is 2.19. The van der Waals surface area contributed by atoms with E-state index in [1.807, 2.05) is 29.2 Å². The molecule has 25 heavy (non-hydrogen) atoms. The topological polar surface area (TPSA) is 78.0 Å². The maximum absolute atomic E-state index is 12.4. The Morgan fingerprint density at radius 1 is 1.16 bits per heavy atom. The summed E-state index contributed by atoms with van der Waals surface area (Å²) in [5.41, 5.74) is 1.88. The Morgan fingerprint density at radius 3 is 2.72 bits per heavy atom. The highest BCUT2D eigenvalue weighted by Crippen LogP contribution is 2.11. The van der Waals surface area contributed by atoms with Gasteiger partial charge in [0.05, 0.1) is 18.2 Å². The fourth-order valence-corrected chi connectivity index (χ4v) is 3.04. The van der Waals surface area contributed by atoms with Crippen LogP contribution < -0.4 is 0 Å². The summed E-state index contributed by atoms with van der Waals surface area (Å²) in [6.07, 6.45) is 4.55. The lowest BCUT2D eigenvalue weighted by molar-refractivity contribution is -0.131. The quantitative estimate of drug-likeness (QED) is 0.820. The minimum absolute atomic E-state index is 0.177. The van der Waals surface area contributed by atoms with Crippen molar-refractivity contribution in [3.63, 3.8) is 0 Å². The largest absolute Gasteiger partial charge is 0.341 e. The van der Waals surface area contributed by atoms with Crippen molar-refractivity contribution in [1.82, 2.24) is 24.6 Å². The molecule has 1 saturated heterocycles. The molecule has 0 radical (unpaired) electrons. The van der Waals surface area contributed by atoms with Crippen molar-refractivity contribution in [3.05, 3.63) is 48.0 Å². The SMILES string of the molecule is N#Cc1ccc(CN2CCCN(C(=O)CCn3cncn3)CC2)cc1. The van der Waals surface area contributed by atoms with Gasteiger partial charge in [-0.15, -0.1) is 0 Å². The van der Waals surface area contributed by atoms with Gasteiger partial charge in [0.1, 0.15) is 12.7 Å². The zero-order valence-corrected chi connectivity index (χ0v) is 14.2. The van der Waals surface area contributed by atoms with Crippen molar-refractivity contribution in [3.8, 4) is 6.07 Å². The molecule has 130 valence electrons. The van der Waals surface area contributed by atoms with E-state index < -0.39 is 0 Å². The first-order valence-electron chi connectivity index (χ1n) is 8.56. The number of carbonyl (C=O) groups excluding carboxylic acids is 1. The van der Waals surface area contributed by atoms with Gasteiger partial charge in [0.15, 0.2) is 0 Å². The smallest absolute Gasteiger partial charge is 0.224 e. The monoisotopic (exact) mass is 338 g/mol. The van der Waals surface area contributed by atoms with Crippen LogP contribution in [-0.2, 0) is 17.9 Å². The number of carbonyl (C=O) groups is 1. The molecule has 1 fully saturated rings. The van der Waals surface area contributed by atoms with Crippen LogP contribution in [0.25, 0.3) is 0 Å². The van der Waals surface area contributed by atoms with Crippen molar-refractivity contribution < 1.29 is 4.79 Å². The predicted molar refractivity (Wildman–Crippen MR) is 92.3 cm³/mol. The van der Waals surface area contributed by atoms with Crippen LogP contribution in [0.2, 0.25) is 0 Å². The van der Waals surface area contributed by atoms with Gasteiger partial charge < -0.3 is 4.90 Å². The average molecular weight is 338 g/mol. The molecule has 0 spiro atoms. The second kappa shape index (κ2) is 8.40. The Kier molecular flexibility index (Phi) is 5.75. The molecule has 7 heteroatoms. The number of aryl methyl sites for hydroxylation is 1. The van der Waals surface area contributed by atoms with Gasteiger partial charge in [-0.2, -0.15) is 10.4 Å². The zero-order valence-electron chi connectivity index (χ0n) is 14.2. The number of hydrogen-bond acceptors (Lipinski definition) is 5. The first-order chi connectivity index (χ1) is 12.2. The van der Waals surface area contributed by atoms with Gasteiger partial charge in [-0.3, -0.25) is 14.4 Å². The Morgan fingerprint density at radius 2 is 2.00 bits per heavy atom. The van der Waals surface area contributed by atoms with Gasteiger partial charge in [0, 0.05) is 39.1 Å². The number of rotatable bonds is 5. The fourth-order valence-electron chi connectivity index (χ4n) is 3.04. The summed E-state index contributed by atoms with van der Waals surface area (Å²) in [6.45, 7) is 4.84. The number of benzene rings is 1. The summed E-state index contributed by atoms with van der Waals surface area (Å²) < 4.78 is 1.69. The van der Waals surface area contributed by atoms with E-state index in [4.69, 9.17) is 5.26 Å². The number of nitriles is 1. The van der Waals surface area contributed by atoms with Crippen LogP contribution in [0, 0.1) is 11.3 Å². The van der Waals surface area contributed by atoms with Crippen molar-refractivity contribution in [2.45, 2.75) is 25.9 Å². The van der Waals surface area contributed by atoms with Crippen molar-refractivity contribution in [2.24, 2.45) is 0 Å².